The number of imidazole rings is 1. The number of aromatic nitrogens is 7. The molecule has 1 aliphatic carbocycles. The van der Waals surface area contributed by atoms with E-state index in [1.807, 2.05) is 22.5 Å². The second kappa shape index (κ2) is 14.9. The van der Waals surface area contributed by atoms with Gasteiger partial charge in [-0.15, -0.1) is 0 Å². The first-order valence-electron chi connectivity index (χ1n) is 22.0. The minimum atomic E-state index is -2.47. The number of H-pyrrole nitrogens is 1. The number of fused-ring (bicyclic) bond motifs is 2. The highest BCUT2D eigenvalue weighted by Crippen LogP contribution is 2.56. The Kier molecular flexibility index (Phi) is 9.40. The van der Waals surface area contributed by atoms with E-state index in [2.05, 4.69) is 39.6 Å². The highest BCUT2D eigenvalue weighted by molar-refractivity contribution is 7.93. The molecule has 1 saturated carbocycles. The Morgan fingerprint density at radius 2 is 1.69 bits per heavy atom. The first-order valence-corrected chi connectivity index (χ1v) is 23.7. The van der Waals surface area contributed by atoms with Crippen molar-refractivity contribution in [2.45, 2.75) is 82.2 Å². The number of hydrogen-bond acceptors (Lipinski definition) is 9. The minimum Gasteiger partial charge on any atom is -0.381 e. The summed E-state index contributed by atoms with van der Waals surface area (Å²) >= 11 is 0. The number of rotatable bonds is 8. The van der Waals surface area contributed by atoms with Crippen LogP contribution in [0.15, 0.2) is 96.4 Å². The van der Waals surface area contributed by atoms with E-state index in [1.54, 1.807) is 67.3 Å². The van der Waals surface area contributed by atoms with E-state index in [0.29, 0.717) is 107 Å². The lowest BCUT2D eigenvalue weighted by molar-refractivity contribution is 0.0663. The van der Waals surface area contributed by atoms with Crippen LogP contribution >= 0.6 is 0 Å². The molecule has 330 valence electrons. The molecule has 0 unspecified atom stereocenters. The monoisotopic (exact) mass is 885 g/mol. The Bertz CT molecular complexity index is 3260. The van der Waals surface area contributed by atoms with Crippen molar-refractivity contribution in [2.24, 2.45) is 10.3 Å². The summed E-state index contributed by atoms with van der Waals surface area (Å²) in [6.07, 6.45) is 6.98. The van der Waals surface area contributed by atoms with Crippen molar-refractivity contribution < 1.29 is 22.7 Å². The molecule has 4 atom stereocenters. The predicted octanol–water partition coefficient (Wildman–Crippen LogP) is 6.87. The van der Waals surface area contributed by atoms with E-state index < -0.39 is 27.1 Å². The smallest absolute Gasteiger partial charge is 0.381 e. The molecule has 7 heterocycles. The van der Waals surface area contributed by atoms with Gasteiger partial charge in [0.05, 0.1) is 32.8 Å². The number of amides is 1. The summed E-state index contributed by atoms with van der Waals surface area (Å²) in [6, 6.07) is 18.3. The molecule has 64 heavy (non-hydrogen) atoms. The molecule has 3 aliphatic heterocycles. The molecule has 0 radical (unpaired) electrons. The van der Waals surface area contributed by atoms with Gasteiger partial charge in [0.1, 0.15) is 22.9 Å². The molecular weight excluding hydrogens is 838 g/mol. The fourth-order valence-electron chi connectivity index (χ4n) is 10.5. The van der Waals surface area contributed by atoms with Crippen molar-refractivity contribution in [3.63, 3.8) is 0 Å². The van der Waals surface area contributed by atoms with Gasteiger partial charge in [-0.1, -0.05) is 18.1 Å². The van der Waals surface area contributed by atoms with Crippen LogP contribution in [0.1, 0.15) is 95.8 Å². The van der Waals surface area contributed by atoms with E-state index in [9.17, 15) is 13.8 Å². The van der Waals surface area contributed by atoms with Gasteiger partial charge in [-0.05, 0) is 130 Å². The summed E-state index contributed by atoms with van der Waals surface area (Å²) in [5.74, 6) is 0.472. The number of nitrogens with zero attached hydrogens (tertiary/aromatic N) is 8. The zero-order valence-corrected chi connectivity index (χ0v) is 36.9. The first kappa shape index (κ1) is 40.4. The van der Waals surface area contributed by atoms with Crippen LogP contribution in [-0.2, 0) is 26.4 Å². The topological polar surface area (TPSA) is 168 Å². The van der Waals surface area contributed by atoms with E-state index in [4.69, 9.17) is 14.4 Å². The fraction of sp³-hybridized carbons (Fsp3) is 0.383. The largest absolute Gasteiger partial charge is 0.438 e. The summed E-state index contributed by atoms with van der Waals surface area (Å²) in [7, 11) is -2.47. The Labute approximate surface area is 367 Å². The zero-order chi connectivity index (χ0) is 44.2. The maximum absolute atomic E-state index is 15.5. The third-order valence-corrected chi connectivity index (χ3v) is 16.5. The number of carbonyl (C=O) groups is 1. The predicted molar refractivity (Wildman–Crippen MR) is 237 cm³/mol. The van der Waals surface area contributed by atoms with E-state index in [-0.39, 0.29) is 23.3 Å². The van der Waals surface area contributed by atoms with E-state index in [1.165, 1.54) is 14.7 Å². The lowest BCUT2D eigenvalue weighted by Crippen LogP contribution is -2.41. The third kappa shape index (κ3) is 6.21. The van der Waals surface area contributed by atoms with Crippen molar-refractivity contribution in [1.82, 2.24) is 38.5 Å². The summed E-state index contributed by atoms with van der Waals surface area (Å²) in [4.78, 5) is 47.8. The van der Waals surface area contributed by atoms with Crippen LogP contribution < -0.4 is 11.4 Å². The standard InChI is InChI=1S/C47H48FN9O6S/c1-27-22-35(23-28(2)41(27)48)57-42(55-18-17-54(46(55)60)34-7-9-36(10-8-34)64(61)21-5-15-49-64)40-30(4)53(16-12-37(40)51-57)43(58)39-25-33-24-32(31-13-19-62-20-14-31)6-11-38(33)56(39)47(26-29(47)3)44-50-45(59)63-52-44/h6-11,17-18,22-25,29-31H,5,12-16,19-21,26H2,1-4H3,(H,50,52,59)/t29-,30-,47-,64+/m0/s1. The van der Waals surface area contributed by atoms with Gasteiger partial charge in [-0.2, -0.15) is 5.10 Å². The van der Waals surface area contributed by atoms with E-state index in [0.717, 1.165) is 30.2 Å². The summed E-state index contributed by atoms with van der Waals surface area (Å²) in [5.41, 5.74) is 4.69. The average Bonchev–Trinajstić information content (AvgIpc) is 3.96. The van der Waals surface area contributed by atoms with Crippen molar-refractivity contribution in [2.75, 3.05) is 32.1 Å². The minimum absolute atomic E-state index is 0.0240. The molecule has 15 nitrogen and oxygen atoms in total. The SMILES string of the molecule is Cc1cc(-n2nc3c(c2-n2ccn(-c4ccc([S@@]5(=O)=NCCC5)cc4)c2=O)[C@H](C)N(C(=O)c2cc4cc(C5CCOCC5)ccc4n2[C@@]2(c4noc(=O)[nH]4)C[C@@H]2C)CC3)cc(C)c1F. The van der Waals surface area contributed by atoms with Crippen LogP contribution in [0.25, 0.3) is 28.1 Å². The van der Waals surface area contributed by atoms with Crippen molar-refractivity contribution in [3.8, 4) is 17.2 Å². The summed E-state index contributed by atoms with van der Waals surface area (Å²) < 4.78 is 50.3. The number of hydrogen-bond donors (Lipinski definition) is 1. The third-order valence-electron chi connectivity index (χ3n) is 14.0. The second-order valence-corrected chi connectivity index (χ2v) is 20.2. The quantitative estimate of drug-likeness (QED) is 0.173. The Morgan fingerprint density at radius 3 is 2.36 bits per heavy atom. The van der Waals surface area contributed by atoms with Gasteiger partial charge in [-0.25, -0.2) is 27.2 Å². The van der Waals surface area contributed by atoms with Crippen LogP contribution in [0.3, 0.4) is 0 Å². The van der Waals surface area contributed by atoms with Gasteiger partial charge in [-0.3, -0.25) is 23.4 Å². The Morgan fingerprint density at radius 1 is 0.953 bits per heavy atom. The van der Waals surface area contributed by atoms with Gasteiger partial charge < -0.3 is 14.2 Å². The van der Waals surface area contributed by atoms with E-state index >= 15 is 9.18 Å². The Hall–Kier alpha value is -6.33. The Balaban J connectivity index is 1.04. The van der Waals surface area contributed by atoms with Crippen molar-refractivity contribution >= 4 is 26.5 Å². The molecular formula is C47H48FN9O6S. The van der Waals surface area contributed by atoms with Crippen LogP contribution in [0.5, 0.6) is 0 Å². The lowest BCUT2D eigenvalue weighted by Gasteiger charge is -2.34. The summed E-state index contributed by atoms with van der Waals surface area (Å²) in [5, 5.41) is 10.2. The van der Waals surface area contributed by atoms with Gasteiger partial charge in [0.15, 0.2) is 5.82 Å². The summed E-state index contributed by atoms with van der Waals surface area (Å²) in [6.45, 7) is 9.73. The zero-order valence-electron chi connectivity index (χ0n) is 36.0. The van der Waals surface area contributed by atoms with Gasteiger partial charge in [0.25, 0.3) is 5.91 Å². The number of carbonyl (C=O) groups excluding carboxylic acids is 1. The number of benzene rings is 3. The van der Waals surface area contributed by atoms with Crippen LogP contribution in [0.4, 0.5) is 4.39 Å². The number of aryl methyl sites for hydroxylation is 2. The number of ether oxygens (including phenoxy) is 1. The van der Waals surface area contributed by atoms with Gasteiger partial charge in [0, 0.05) is 72.2 Å². The molecule has 0 bridgehead atoms. The van der Waals surface area contributed by atoms with Crippen LogP contribution in [0.2, 0.25) is 0 Å². The lowest BCUT2D eigenvalue weighted by atomic mass is 9.91. The molecule has 17 heteroatoms. The van der Waals surface area contributed by atoms with Gasteiger partial charge >= 0.3 is 11.4 Å². The first-order chi connectivity index (χ1) is 30.9. The average molecular weight is 886 g/mol. The second-order valence-electron chi connectivity index (χ2n) is 17.8. The molecule has 1 saturated heterocycles. The maximum atomic E-state index is 15.5. The van der Waals surface area contributed by atoms with Crippen LogP contribution in [-0.4, -0.2) is 80.7 Å². The van der Waals surface area contributed by atoms with Crippen molar-refractivity contribution in [3.05, 3.63) is 139 Å². The molecule has 3 aromatic carbocycles. The highest BCUT2D eigenvalue weighted by Gasteiger charge is 2.59. The molecule has 4 aliphatic rings. The fourth-order valence-corrected chi connectivity index (χ4v) is 12.5. The number of nitrogens with one attached hydrogen (secondary N) is 1. The molecule has 0 spiro atoms. The molecule has 4 aromatic heterocycles. The number of halogens is 1. The van der Waals surface area contributed by atoms with Crippen molar-refractivity contribution in [1.29, 1.82) is 0 Å². The number of aromatic amines is 1. The van der Waals surface area contributed by atoms with Crippen LogP contribution in [0, 0.1) is 25.6 Å². The molecule has 1 amide bonds. The van der Waals surface area contributed by atoms with Gasteiger partial charge in [0.2, 0.25) is 0 Å². The highest BCUT2D eigenvalue weighted by atomic mass is 32.2. The molecule has 2 fully saturated rings. The maximum Gasteiger partial charge on any atom is 0.438 e. The molecule has 1 N–H and O–H groups in total. The molecule has 11 rings (SSSR count). The molecule has 7 aromatic rings. The normalized spacial score (nSPS) is 23.4.